The second-order valence-corrected chi connectivity index (χ2v) is 4.62. The highest BCUT2D eigenvalue weighted by Gasteiger charge is 2.26. The van der Waals surface area contributed by atoms with Crippen LogP contribution in [0.3, 0.4) is 0 Å². The van der Waals surface area contributed by atoms with Crippen LogP contribution >= 0.6 is 0 Å². The summed E-state index contributed by atoms with van der Waals surface area (Å²) in [5, 5.41) is 6.47. The molecule has 1 aromatic carbocycles. The van der Waals surface area contributed by atoms with Gasteiger partial charge in [-0.3, -0.25) is 4.79 Å². The van der Waals surface area contributed by atoms with Gasteiger partial charge in [-0.15, -0.1) is 0 Å². The van der Waals surface area contributed by atoms with Crippen molar-refractivity contribution in [2.45, 2.75) is 18.9 Å². The lowest BCUT2D eigenvalue weighted by Crippen LogP contribution is -2.26. The van der Waals surface area contributed by atoms with Crippen molar-refractivity contribution in [3.8, 4) is 17.2 Å². The normalized spacial score (nSPS) is 14.1. The Bertz CT molecular complexity index is 649. The molecule has 7 nitrogen and oxygen atoms in total. The van der Waals surface area contributed by atoms with Gasteiger partial charge in [0, 0.05) is 11.7 Å². The molecule has 20 heavy (non-hydrogen) atoms. The van der Waals surface area contributed by atoms with Gasteiger partial charge in [-0.2, -0.15) is 4.98 Å². The first kappa shape index (κ1) is 12.5. The van der Waals surface area contributed by atoms with Gasteiger partial charge in [-0.05, 0) is 31.0 Å². The average Bonchev–Trinajstić information content (AvgIpc) is 3.12. The van der Waals surface area contributed by atoms with Crippen LogP contribution in [0.1, 0.15) is 23.5 Å². The lowest BCUT2D eigenvalue weighted by molar-refractivity contribution is 0.0937. The first-order valence-electron chi connectivity index (χ1n) is 6.26. The molecule has 1 aliphatic rings. The van der Waals surface area contributed by atoms with Gasteiger partial charge in [0.2, 0.25) is 0 Å². The minimum atomic E-state index is -0.330. The van der Waals surface area contributed by atoms with Gasteiger partial charge in [0.25, 0.3) is 17.6 Å². The van der Waals surface area contributed by atoms with E-state index >= 15 is 0 Å². The number of nitrogens with zero attached hydrogens (tertiary/aromatic N) is 2. The summed E-state index contributed by atoms with van der Waals surface area (Å²) in [5.41, 5.74) is 6.89. The van der Waals surface area contributed by atoms with Crippen molar-refractivity contribution < 1.29 is 14.1 Å². The Labute approximate surface area is 115 Å². The van der Waals surface area contributed by atoms with E-state index in [1.165, 1.54) is 0 Å². The third kappa shape index (κ3) is 2.42. The molecule has 1 aliphatic carbocycles. The zero-order valence-corrected chi connectivity index (χ0v) is 10.9. The Morgan fingerprint density at radius 3 is 3.00 bits per heavy atom. The second-order valence-electron chi connectivity index (χ2n) is 4.62. The number of nitrogens with one attached hydrogen (secondary N) is 1. The molecule has 0 spiro atoms. The number of rotatable bonds is 4. The third-order valence-corrected chi connectivity index (χ3v) is 3.03. The predicted molar refractivity (Wildman–Crippen MR) is 71.2 cm³/mol. The zero-order chi connectivity index (χ0) is 14.1. The summed E-state index contributed by atoms with van der Waals surface area (Å²) in [4.78, 5) is 15.9. The van der Waals surface area contributed by atoms with Gasteiger partial charge in [-0.1, -0.05) is 5.16 Å². The zero-order valence-electron chi connectivity index (χ0n) is 10.9. The highest BCUT2D eigenvalue weighted by Crippen LogP contribution is 2.28. The Hall–Kier alpha value is -2.57. The monoisotopic (exact) mass is 274 g/mol. The fourth-order valence-corrected chi connectivity index (χ4v) is 1.75. The minimum absolute atomic E-state index is 0.00844. The third-order valence-electron chi connectivity index (χ3n) is 3.03. The molecule has 0 unspecified atom stereocenters. The van der Waals surface area contributed by atoms with Crippen LogP contribution in [0.5, 0.6) is 5.75 Å². The van der Waals surface area contributed by atoms with Crippen molar-refractivity contribution in [1.29, 1.82) is 0 Å². The molecule has 0 radical (unpaired) electrons. The Balaban J connectivity index is 1.87. The van der Waals surface area contributed by atoms with Crippen LogP contribution in [0.25, 0.3) is 11.5 Å². The predicted octanol–water partition coefficient (Wildman–Crippen LogP) is 1.22. The molecule has 0 aliphatic heterocycles. The van der Waals surface area contributed by atoms with Gasteiger partial charge >= 0.3 is 0 Å². The number of methoxy groups -OCH3 is 1. The van der Waals surface area contributed by atoms with Gasteiger partial charge < -0.3 is 20.3 Å². The SMILES string of the molecule is COc1ccc(N)c(-c2nc(C(=O)NC3CC3)no2)c1. The molecule has 104 valence electrons. The Morgan fingerprint density at radius 1 is 1.50 bits per heavy atom. The molecule has 0 saturated heterocycles. The molecular weight excluding hydrogens is 260 g/mol. The molecule has 2 aromatic rings. The maximum Gasteiger partial charge on any atom is 0.292 e. The quantitative estimate of drug-likeness (QED) is 0.812. The highest BCUT2D eigenvalue weighted by atomic mass is 16.5. The summed E-state index contributed by atoms with van der Waals surface area (Å²) in [6, 6.07) is 5.34. The van der Waals surface area contributed by atoms with Crippen molar-refractivity contribution in [3.63, 3.8) is 0 Å². The van der Waals surface area contributed by atoms with E-state index in [1.807, 2.05) is 0 Å². The maximum atomic E-state index is 11.8. The molecular formula is C13H14N4O3. The van der Waals surface area contributed by atoms with E-state index < -0.39 is 0 Å². The topological polar surface area (TPSA) is 103 Å². The van der Waals surface area contributed by atoms with E-state index in [4.69, 9.17) is 15.0 Å². The Kier molecular flexibility index (Phi) is 3.02. The number of hydrogen-bond donors (Lipinski definition) is 2. The van der Waals surface area contributed by atoms with Crippen molar-refractivity contribution >= 4 is 11.6 Å². The van der Waals surface area contributed by atoms with E-state index in [0.29, 0.717) is 17.0 Å². The molecule has 0 atom stereocenters. The molecule has 1 saturated carbocycles. The molecule has 7 heteroatoms. The number of benzene rings is 1. The van der Waals surface area contributed by atoms with Crippen LogP contribution in [0.2, 0.25) is 0 Å². The fraction of sp³-hybridized carbons (Fsp3) is 0.308. The van der Waals surface area contributed by atoms with Crippen molar-refractivity contribution in [2.75, 3.05) is 12.8 Å². The number of anilines is 1. The number of nitrogens with two attached hydrogens (primary N) is 1. The molecule has 3 N–H and O–H groups in total. The van der Waals surface area contributed by atoms with Crippen LogP contribution in [0.15, 0.2) is 22.7 Å². The van der Waals surface area contributed by atoms with E-state index in [0.717, 1.165) is 12.8 Å². The molecule has 1 aromatic heterocycles. The van der Waals surface area contributed by atoms with E-state index in [-0.39, 0.29) is 23.7 Å². The number of carbonyl (C=O) groups excluding carboxylic acids is 1. The van der Waals surface area contributed by atoms with Crippen molar-refractivity contribution in [1.82, 2.24) is 15.5 Å². The number of carbonyl (C=O) groups is 1. The first-order chi connectivity index (χ1) is 9.67. The molecule has 0 bridgehead atoms. The van der Waals surface area contributed by atoms with Gasteiger partial charge in [0.15, 0.2) is 0 Å². The van der Waals surface area contributed by atoms with E-state index in [2.05, 4.69) is 15.5 Å². The van der Waals surface area contributed by atoms with Crippen LogP contribution in [-0.4, -0.2) is 29.2 Å². The van der Waals surface area contributed by atoms with Crippen LogP contribution in [-0.2, 0) is 0 Å². The first-order valence-corrected chi connectivity index (χ1v) is 6.26. The summed E-state index contributed by atoms with van der Waals surface area (Å²) < 4.78 is 10.2. The maximum absolute atomic E-state index is 11.8. The van der Waals surface area contributed by atoms with E-state index in [9.17, 15) is 4.79 Å². The van der Waals surface area contributed by atoms with Gasteiger partial charge in [0.1, 0.15) is 5.75 Å². The summed E-state index contributed by atoms with van der Waals surface area (Å²) in [6.07, 6.45) is 2.00. The Morgan fingerprint density at radius 2 is 2.30 bits per heavy atom. The molecule has 1 amide bonds. The second kappa shape index (κ2) is 4.84. The standard InChI is InChI=1S/C13H14N4O3/c1-19-8-4-5-10(14)9(6-8)13-16-11(17-20-13)12(18)15-7-2-3-7/h4-7H,2-3,14H2,1H3,(H,15,18). The molecule has 1 heterocycles. The van der Waals surface area contributed by atoms with Crippen LogP contribution in [0, 0.1) is 0 Å². The fourth-order valence-electron chi connectivity index (χ4n) is 1.75. The van der Waals surface area contributed by atoms with E-state index in [1.54, 1.807) is 25.3 Å². The highest BCUT2D eigenvalue weighted by molar-refractivity contribution is 5.91. The summed E-state index contributed by atoms with van der Waals surface area (Å²) >= 11 is 0. The lowest BCUT2D eigenvalue weighted by atomic mass is 10.1. The molecule has 1 fully saturated rings. The smallest absolute Gasteiger partial charge is 0.292 e. The number of amides is 1. The molecule has 3 rings (SSSR count). The lowest BCUT2D eigenvalue weighted by Gasteiger charge is -2.03. The average molecular weight is 274 g/mol. The van der Waals surface area contributed by atoms with Crippen molar-refractivity contribution in [2.24, 2.45) is 0 Å². The number of ether oxygens (including phenoxy) is 1. The number of hydrogen-bond acceptors (Lipinski definition) is 6. The largest absolute Gasteiger partial charge is 0.497 e. The van der Waals surface area contributed by atoms with Crippen LogP contribution < -0.4 is 15.8 Å². The van der Waals surface area contributed by atoms with Crippen molar-refractivity contribution in [3.05, 3.63) is 24.0 Å². The number of aromatic nitrogens is 2. The van der Waals surface area contributed by atoms with Gasteiger partial charge in [-0.25, -0.2) is 0 Å². The summed E-state index contributed by atoms with van der Waals surface area (Å²) in [6.45, 7) is 0. The summed E-state index contributed by atoms with van der Waals surface area (Å²) in [7, 11) is 1.55. The number of nitrogen functional groups attached to an aromatic ring is 1. The van der Waals surface area contributed by atoms with Crippen LogP contribution in [0.4, 0.5) is 5.69 Å². The van der Waals surface area contributed by atoms with Gasteiger partial charge in [0.05, 0.1) is 12.7 Å². The summed E-state index contributed by atoms with van der Waals surface area (Å²) in [5.74, 6) is 0.497. The minimum Gasteiger partial charge on any atom is -0.497 e.